The topological polar surface area (TPSA) is 103 Å². The molecule has 4 rings (SSSR count). The van der Waals surface area contributed by atoms with Gasteiger partial charge in [-0.1, -0.05) is 6.07 Å². The molecule has 0 saturated carbocycles. The number of nitrogens with one attached hydrogen (secondary N) is 1. The number of aromatic nitrogens is 2. The summed E-state index contributed by atoms with van der Waals surface area (Å²) in [5, 5.41) is 7.36. The molecule has 1 fully saturated rings. The van der Waals surface area contributed by atoms with E-state index < -0.39 is 10.1 Å². The fourth-order valence-electron chi connectivity index (χ4n) is 4.38. The van der Waals surface area contributed by atoms with Crippen molar-refractivity contribution in [3.63, 3.8) is 0 Å². The number of hydrogen-bond acceptors (Lipinski definition) is 7. The van der Waals surface area contributed by atoms with Gasteiger partial charge in [-0.2, -0.15) is 13.5 Å². The van der Waals surface area contributed by atoms with Crippen LogP contribution in [-0.2, 0) is 21.3 Å². The molecule has 1 aliphatic rings. The number of benzene rings is 2. The highest BCUT2D eigenvalue weighted by molar-refractivity contribution is 7.86. The van der Waals surface area contributed by atoms with Gasteiger partial charge >= 0.3 is 0 Å². The lowest BCUT2D eigenvalue weighted by atomic mass is 9.98. The highest BCUT2D eigenvalue weighted by Gasteiger charge is 2.31. The number of carbonyl (C=O) groups is 1. The first kappa shape index (κ1) is 25.7. The van der Waals surface area contributed by atoms with Gasteiger partial charge in [-0.25, -0.2) is 0 Å². The molecule has 0 radical (unpaired) electrons. The van der Waals surface area contributed by atoms with Crippen LogP contribution in [0, 0.1) is 12.8 Å². The molecule has 1 aromatic heterocycles. The lowest BCUT2D eigenvalue weighted by molar-refractivity contribution is 0.0939. The molecule has 1 N–H and O–H groups in total. The predicted octanol–water partition coefficient (Wildman–Crippen LogP) is 3.31. The summed E-state index contributed by atoms with van der Waals surface area (Å²) in [6, 6.07) is 11.4. The van der Waals surface area contributed by atoms with Gasteiger partial charge in [-0.3, -0.25) is 13.7 Å². The SMILES string of the molecule is COc1cc(-c2cnn(C)c2)cc([C@@H](C)NC(=O)c2cc(N3CC(CS(=O)(=O)OC)C3)ccc2C)c1. The molecule has 1 aliphatic heterocycles. The Morgan fingerprint density at radius 2 is 1.92 bits per heavy atom. The summed E-state index contributed by atoms with van der Waals surface area (Å²) in [6.45, 7) is 5.04. The van der Waals surface area contributed by atoms with Crippen LogP contribution in [0.15, 0.2) is 48.8 Å². The maximum Gasteiger partial charge on any atom is 0.267 e. The fourth-order valence-corrected chi connectivity index (χ4v) is 5.30. The second-order valence-electron chi connectivity index (χ2n) is 9.25. The summed E-state index contributed by atoms with van der Waals surface area (Å²) < 4.78 is 35.2. The van der Waals surface area contributed by atoms with E-state index in [1.807, 2.05) is 63.5 Å². The second kappa shape index (κ2) is 10.3. The maximum absolute atomic E-state index is 13.3. The first-order valence-corrected chi connectivity index (χ1v) is 13.3. The van der Waals surface area contributed by atoms with Gasteiger partial charge in [0.1, 0.15) is 5.75 Å². The van der Waals surface area contributed by atoms with E-state index in [0.717, 1.165) is 27.9 Å². The van der Waals surface area contributed by atoms with E-state index >= 15 is 0 Å². The average molecular weight is 513 g/mol. The molecule has 3 aromatic rings. The Kier molecular flexibility index (Phi) is 7.37. The van der Waals surface area contributed by atoms with Crippen LogP contribution in [0.3, 0.4) is 0 Å². The lowest BCUT2D eigenvalue weighted by Gasteiger charge is -2.41. The zero-order valence-electron chi connectivity index (χ0n) is 21.2. The van der Waals surface area contributed by atoms with E-state index in [4.69, 9.17) is 4.74 Å². The zero-order chi connectivity index (χ0) is 26.0. The number of amides is 1. The van der Waals surface area contributed by atoms with Gasteiger partial charge in [0.2, 0.25) is 0 Å². The van der Waals surface area contributed by atoms with Crippen LogP contribution in [0.5, 0.6) is 5.75 Å². The Morgan fingerprint density at radius 1 is 1.17 bits per heavy atom. The van der Waals surface area contributed by atoms with E-state index in [1.165, 1.54) is 7.11 Å². The molecule has 0 spiro atoms. The van der Waals surface area contributed by atoms with E-state index in [1.54, 1.807) is 18.0 Å². The summed E-state index contributed by atoms with van der Waals surface area (Å²) in [6.07, 6.45) is 3.73. The second-order valence-corrected chi connectivity index (χ2v) is 11.0. The summed E-state index contributed by atoms with van der Waals surface area (Å²) in [5.74, 6) is 0.536. The third kappa shape index (κ3) is 5.71. The number of aryl methyl sites for hydroxylation is 2. The number of anilines is 1. The van der Waals surface area contributed by atoms with Gasteiger partial charge in [-0.05, 0) is 60.9 Å². The van der Waals surface area contributed by atoms with E-state index in [2.05, 4.69) is 19.5 Å². The average Bonchev–Trinajstić information content (AvgIpc) is 3.27. The van der Waals surface area contributed by atoms with E-state index in [9.17, 15) is 13.2 Å². The van der Waals surface area contributed by atoms with Gasteiger partial charge in [0, 0.05) is 49.1 Å². The van der Waals surface area contributed by atoms with Crippen molar-refractivity contribution in [2.24, 2.45) is 13.0 Å². The number of hydrogen-bond donors (Lipinski definition) is 1. The third-order valence-electron chi connectivity index (χ3n) is 6.53. The molecular formula is C26H32N4O5S. The van der Waals surface area contributed by atoms with Crippen LogP contribution in [0.2, 0.25) is 0 Å². The highest BCUT2D eigenvalue weighted by Crippen LogP contribution is 2.30. The van der Waals surface area contributed by atoms with E-state index in [-0.39, 0.29) is 23.6 Å². The minimum Gasteiger partial charge on any atom is -0.497 e. The molecule has 36 heavy (non-hydrogen) atoms. The Hall–Kier alpha value is -3.37. The quantitative estimate of drug-likeness (QED) is 0.439. The number of methoxy groups -OCH3 is 1. The van der Waals surface area contributed by atoms with Crippen molar-refractivity contribution in [1.29, 1.82) is 0 Å². The Balaban J connectivity index is 1.48. The number of nitrogens with zero attached hydrogens (tertiary/aromatic N) is 3. The monoisotopic (exact) mass is 512 g/mol. The van der Waals surface area contributed by atoms with Crippen LogP contribution >= 0.6 is 0 Å². The minimum absolute atomic E-state index is 0.00170. The van der Waals surface area contributed by atoms with Gasteiger partial charge in [0.05, 0.1) is 32.2 Å². The first-order chi connectivity index (χ1) is 17.1. The van der Waals surface area contributed by atoms with Crippen LogP contribution in [0.1, 0.15) is 34.5 Å². The molecule has 0 unspecified atom stereocenters. The Bertz CT molecular complexity index is 1360. The molecule has 1 saturated heterocycles. The van der Waals surface area contributed by atoms with Crippen LogP contribution in [0.25, 0.3) is 11.1 Å². The fraction of sp³-hybridized carbons (Fsp3) is 0.385. The van der Waals surface area contributed by atoms with Crippen molar-refractivity contribution in [1.82, 2.24) is 15.1 Å². The third-order valence-corrected chi connectivity index (χ3v) is 7.92. The summed E-state index contributed by atoms with van der Waals surface area (Å²) in [7, 11) is 1.19. The van der Waals surface area contributed by atoms with Gasteiger partial charge in [-0.15, -0.1) is 0 Å². The van der Waals surface area contributed by atoms with Gasteiger partial charge in [0.15, 0.2) is 0 Å². The number of carbonyl (C=O) groups excluding carboxylic acids is 1. The van der Waals surface area contributed by atoms with Crippen molar-refractivity contribution in [3.8, 4) is 16.9 Å². The van der Waals surface area contributed by atoms with Crippen LogP contribution in [-0.4, -0.2) is 57.2 Å². The van der Waals surface area contributed by atoms with Crippen molar-refractivity contribution >= 4 is 21.7 Å². The Labute approximate surface area is 212 Å². The summed E-state index contributed by atoms with van der Waals surface area (Å²) >= 11 is 0. The highest BCUT2D eigenvalue weighted by atomic mass is 32.2. The first-order valence-electron chi connectivity index (χ1n) is 11.7. The van der Waals surface area contributed by atoms with Crippen molar-refractivity contribution < 1.29 is 22.1 Å². The number of ether oxygens (including phenoxy) is 1. The van der Waals surface area contributed by atoms with Crippen molar-refractivity contribution in [2.45, 2.75) is 19.9 Å². The summed E-state index contributed by atoms with van der Waals surface area (Å²) in [5.41, 5.74) is 5.18. The van der Waals surface area contributed by atoms with E-state index in [0.29, 0.717) is 24.4 Å². The predicted molar refractivity (Wildman–Crippen MR) is 139 cm³/mol. The van der Waals surface area contributed by atoms with Crippen molar-refractivity contribution in [3.05, 3.63) is 65.5 Å². The molecule has 2 heterocycles. The van der Waals surface area contributed by atoms with Crippen LogP contribution in [0.4, 0.5) is 5.69 Å². The molecule has 9 nitrogen and oxygen atoms in total. The smallest absolute Gasteiger partial charge is 0.267 e. The lowest BCUT2D eigenvalue weighted by Crippen LogP contribution is -2.49. The maximum atomic E-state index is 13.3. The largest absolute Gasteiger partial charge is 0.497 e. The molecular weight excluding hydrogens is 480 g/mol. The van der Waals surface area contributed by atoms with Gasteiger partial charge in [0.25, 0.3) is 16.0 Å². The normalized spacial score (nSPS) is 14.9. The minimum atomic E-state index is -3.48. The number of rotatable bonds is 9. The van der Waals surface area contributed by atoms with Crippen LogP contribution < -0.4 is 15.0 Å². The molecule has 10 heteroatoms. The zero-order valence-corrected chi connectivity index (χ0v) is 22.0. The molecule has 1 amide bonds. The molecule has 1 atom stereocenters. The molecule has 0 aliphatic carbocycles. The van der Waals surface area contributed by atoms with Crippen molar-refractivity contribution in [2.75, 3.05) is 38.0 Å². The summed E-state index contributed by atoms with van der Waals surface area (Å²) in [4.78, 5) is 15.3. The molecule has 0 bridgehead atoms. The Morgan fingerprint density at radius 3 is 2.56 bits per heavy atom. The molecule has 2 aromatic carbocycles. The van der Waals surface area contributed by atoms with Gasteiger partial charge < -0.3 is 15.0 Å². The molecule has 192 valence electrons. The standard InChI is InChI=1S/C26H32N4O5S/c1-17-6-7-23(30-13-19(14-30)16-36(32,33)35-5)11-25(17)26(31)28-18(2)20-8-21(10-24(9-20)34-4)22-12-27-29(3)15-22/h6-12,15,18-19H,13-14,16H2,1-5H3,(H,28,31)/t18-/m1/s1.